The van der Waals surface area contributed by atoms with Crippen molar-refractivity contribution in [2.45, 2.75) is 50.5 Å². The molecule has 3 rings (SSSR count). The third-order valence-electron chi connectivity index (χ3n) is 4.80. The van der Waals surface area contributed by atoms with Crippen LogP contribution in [0.5, 0.6) is 0 Å². The molecule has 9 nitrogen and oxygen atoms in total. The number of amides is 1. The summed E-state index contributed by atoms with van der Waals surface area (Å²) in [5.41, 5.74) is 0.838. The number of aryl methyl sites for hydroxylation is 2. The standard InChI is InChI=1S/C20H28N4O5S/c1-2-4-18-22-20(29-23-18)6-3-5-19(25)21-15-16-7-9-17(10-8-16)30(26,27)24-11-13-28-14-12-24/h7-10H,2-6,11-15H2,1H3,(H,21,25). The van der Waals surface area contributed by atoms with Gasteiger partial charge in [0.2, 0.25) is 21.8 Å². The number of rotatable bonds is 10. The number of morpholine rings is 1. The van der Waals surface area contributed by atoms with E-state index in [-0.39, 0.29) is 10.8 Å². The topological polar surface area (TPSA) is 115 Å². The number of hydrogen-bond acceptors (Lipinski definition) is 7. The van der Waals surface area contributed by atoms with Crippen LogP contribution in [0.1, 0.15) is 43.5 Å². The predicted octanol–water partition coefficient (Wildman–Crippen LogP) is 1.68. The Kier molecular flexibility index (Phi) is 7.94. The van der Waals surface area contributed by atoms with Crippen molar-refractivity contribution in [3.05, 3.63) is 41.5 Å². The maximum atomic E-state index is 12.6. The van der Waals surface area contributed by atoms with Crippen LogP contribution < -0.4 is 5.32 Å². The number of carbonyl (C=O) groups excluding carboxylic acids is 1. The number of sulfonamides is 1. The van der Waals surface area contributed by atoms with Gasteiger partial charge in [-0.3, -0.25) is 4.79 Å². The first kappa shape index (κ1) is 22.4. The van der Waals surface area contributed by atoms with E-state index in [1.54, 1.807) is 24.3 Å². The van der Waals surface area contributed by atoms with Crippen LogP contribution in [0.4, 0.5) is 0 Å². The number of ether oxygens (including phenoxy) is 1. The molecule has 1 aliphatic rings. The molecule has 1 N–H and O–H groups in total. The highest BCUT2D eigenvalue weighted by atomic mass is 32.2. The summed E-state index contributed by atoms with van der Waals surface area (Å²) in [6.45, 7) is 3.95. The lowest BCUT2D eigenvalue weighted by molar-refractivity contribution is -0.121. The first-order chi connectivity index (χ1) is 14.5. The van der Waals surface area contributed by atoms with E-state index in [0.717, 1.165) is 18.4 Å². The zero-order valence-corrected chi connectivity index (χ0v) is 18.0. The number of benzene rings is 1. The van der Waals surface area contributed by atoms with Crippen LogP contribution in [0, 0.1) is 0 Å². The first-order valence-corrected chi connectivity index (χ1v) is 11.7. The van der Waals surface area contributed by atoms with Gasteiger partial charge in [0.25, 0.3) is 0 Å². The summed E-state index contributed by atoms with van der Waals surface area (Å²) < 4.78 is 37.0. The van der Waals surface area contributed by atoms with Crippen LogP contribution in [-0.4, -0.2) is 55.1 Å². The van der Waals surface area contributed by atoms with Crippen molar-refractivity contribution >= 4 is 15.9 Å². The summed E-state index contributed by atoms with van der Waals surface area (Å²) in [5, 5.41) is 6.75. The van der Waals surface area contributed by atoms with Gasteiger partial charge in [-0.1, -0.05) is 24.2 Å². The lowest BCUT2D eigenvalue weighted by Crippen LogP contribution is -2.40. The van der Waals surface area contributed by atoms with Crippen molar-refractivity contribution < 1.29 is 22.5 Å². The largest absolute Gasteiger partial charge is 0.379 e. The summed E-state index contributed by atoms with van der Waals surface area (Å²) in [7, 11) is -3.50. The minimum absolute atomic E-state index is 0.0756. The summed E-state index contributed by atoms with van der Waals surface area (Å²) >= 11 is 0. The van der Waals surface area contributed by atoms with E-state index in [0.29, 0.717) is 63.8 Å². The molecular weight excluding hydrogens is 408 g/mol. The Hall–Kier alpha value is -2.30. The summed E-state index contributed by atoms with van der Waals surface area (Å²) in [6, 6.07) is 6.61. The molecule has 0 atom stereocenters. The van der Waals surface area contributed by atoms with Gasteiger partial charge in [-0.15, -0.1) is 0 Å². The SMILES string of the molecule is CCCc1noc(CCCC(=O)NCc2ccc(S(=O)(=O)N3CCOCC3)cc2)n1. The molecular formula is C20H28N4O5S. The number of hydrogen-bond donors (Lipinski definition) is 1. The Morgan fingerprint density at radius 3 is 2.60 bits per heavy atom. The van der Waals surface area contributed by atoms with Gasteiger partial charge >= 0.3 is 0 Å². The molecule has 2 aromatic rings. The lowest BCUT2D eigenvalue weighted by atomic mass is 10.2. The van der Waals surface area contributed by atoms with Crippen molar-refractivity contribution in [1.82, 2.24) is 19.8 Å². The average molecular weight is 437 g/mol. The lowest BCUT2D eigenvalue weighted by Gasteiger charge is -2.26. The van der Waals surface area contributed by atoms with Crippen LogP contribution in [0.25, 0.3) is 0 Å². The Balaban J connectivity index is 1.42. The number of nitrogens with zero attached hydrogens (tertiary/aromatic N) is 3. The van der Waals surface area contributed by atoms with Crippen LogP contribution in [-0.2, 0) is 38.9 Å². The molecule has 1 saturated heterocycles. The molecule has 0 radical (unpaired) electrons. The molecule has 0 aliphatic carbocycles. The molecule has 1 aromatic carbocycles. The van der Waals surface area contributed by atoms with Crippen molar-refractivity contribution in [3.8, 4) is 0 Å². The van der Waals surface area contributed by atoms with E-state index in [2.05, 4.69) is 22.4 Å². The maximum absolute atomic E-state index is 12.6. The van der Waals surface area contributed by atoms with E-state index in [1.807, 2.05) is 0 Å². The van der Waals surface area contributed by atoms with Gasteiger partial charge in [0.1, 0.15) is 0 Å². The Bertz CT molecular complexity index is 921. The molecule has 10 heteroatoms. The third kappa shape index (κ3) is 6.10. The van der Waals surface area contributed by atoms with Crippen molar-refractivity contribution in [3.63, 3.8) is 0 Å². The van der Waals surface area contributed by atoms with E-state index < -0.39 is 10.0 Å². The second kappa shape index (κ2) is 10.6. The van der Waals surface area contributed by atoms with Crippen molar-refractivity contribution in [1.29, 1.82) is 0 Å². The first-order valence-electron chi connectivity index (χ1n) is 10.2. The van der Waals surface area contributed by atoms with E-state index >= 15 is 0 Å². The van der Waals surface area contributed by atoms with Gasteiger partial charge in [-0.25, -0.2) is 8.42 Å². The Labute approximate surface area is 176 Å². The molecule has 1 amide bonds. The van der Waals surface area contributed by atoms with Crippen molar-refractivity contribution in [2.75, 3.05) is 26.3 Å². The van der Waals surface area contributed by atoms with Crippen LogP contribution in [0.3, 0.4) is 0 Å². The maximum Gasteiger partial charge on any atom is 0.243 e. The van der Waals surface area contributed by atoms with Crippen LogP contribution in [0.2, 0.25) is 0 Å². The molecule has 30 heavy (non-hydrogen) atoms. The Morgan fingerprint density at radius 2 is 1.90 bits per heavy atom. The highest BCUT2D eigenvalue weighted by molar-refractivity contribution is 7.89. The minimum Gasteiger partial charge on any atom is -0.379 e. The third-order valence-corrected chi connectivity index (χ3v) is 6.71. The summed E-state index contributed by atoms with van der Waals surface area (Å²) in [5.74, 6) is 1.19. The fraction of sp³-hybridized carbons (Fsp3) is 0.550. The molecule has 0 unspecified atom stereocenters. The molecule has 164 valence electrons. The summed E-state index contributed by atoms with van der Waals surface area (Å²) in [6.07, 6.45) is 3.29. The zero-order chi connectivity index (χ0) is 21.4. The second-order valence-electron chi connectivity index (χ2n) is 7.15. The highest BCUT2D eigenvalue weighted by Gasteiger charge is 2.26. The fourth-order valence-electron chi connectivity index (χ4n) is 3.12. The molecule has 0 saturated carbocycles. The molecule has 1 aliphatic heterocycles. The highest BCUT2D eigenvalue weighted by Crippen LogP contribution is 2.17. The van der Waals surface area contributed by atoms with E-state index in [4.69, 9.17) is 9.26 Å². The number of aromatic nitrogens is 2. The quantitative estimate of drug-likeness (QED) is 0.603. The predicted molar refractivity (Wildman–Crippen MR) is 109 cm³/mol. The van der Waals surface area contributed by atoms with E-state index in [1.165, 1.54) is 4.31 Å². The monoisotopic (exact) mass is 436 g/mol. The van der Waals surface area contributed by atoms with Gasteiger partial charge in [-0.05, 0) is 30.5 Å². The molecule has 0 spiro atoms. The van der Waals surface area contributed by atoms with Gasteiger partial charge in [0.05, 0.1) is 18.1 Å². The van der Waals surface area contributed by atoms with Crippen LogP contribution >= 0.6 is 0 Å². The second-order valence-corrected chi connectivity index (χ2v) is 9.08. The molecule has 0 bridgehead atoms. The van der Waals surface area contributed by atoms with Crippen LogP contribution in [0.15, 0.2) is 33.7 Å². The zero-order valence-electron chi connectivity index (χ0n) is 17.2. The van der Waals surface area contributed by atoms with Gasteiger partial charge < -0.3 is 14.6 Å². The average Bonchev–Trinajstić information content (AvgIpc) is 3.21. The summed E-state index contributed by atoms with van der Waals surface area (Å²) in [4.78, 5) is 16.6. The van der Waals surface area contributed by atoms with Gasteiger partial charge in [0.15, 0.2) is 5.82 Å². The normalized spacial score (nSPS) is 15.2. The molecule has 1 fully saturated rings. The van der Waals surface area contributed by atoms with Gasteiger partial charge in [0, 0.05) is 38.9 Å². The van der Waals surface area contributed by atoms with E-state index in [9.17, 15) is 13.2 Å². The minimum atomic E-state index is -3.50. The molecule has 2 heterocycles. The fourth-order valence-corrected chi connectivity index (χ4v) is 4.53. The number of nitrogens with one attached hydrogen (secondary N) is 1. The Morgan fingerprint density at radius 1 is 1.17 bits per heavy atom. The molecule has 1 aromatic heterocycles. The van der Waals surface area contributed by atoms with Crippen molar-refractivity contribution in [2.24, 2.45) is 0 Å². The number of carbonyl (C=O) groups is 1. The van der Waals surface area contributed by atoms with Gasteiger partial charge in [-0.2, -0.15) is 9.29 Å². The smallest absolute Gasteiger partial charge is 0.243 e.